The number of aryl methyl sites for hydroxylation is 1. The third kappa shape index (κ3) is 3.15. The highest BCUT2D eigenvalue weighted by Gasteiger charge is 2.12. The fraction of sp³-hybridized carbons (Fsp3) is 0.263. The first-order chi connectivity index (χ1) is 12.8. The first-order valence-corrected chi connectivity index (χ1v) is 9.42. The molecular weight excluding hydrogens is 350 g/mol. The summed E-state index contributed by atoms with van der Waals surface area (Å²) < 4.78 is 14.4. The Balaban J connectivity index is 1.56. The molecule has 0 spiro atoms. The summed E-state index contributed by atoms with van der Waals surface area (Å²) >= 11 is 1.63. The summed E-state index contributed by atoms with van der Waals surface area (Å²) in [6.45, 7) is 1.93. The monoisotopic (exact) mass is 369 g/mol. The van der Waals surface area contributed by atoms with Gasteiger partial charge in [0.05, 0.1) is 23.2 Å². The Morgan fingerprint density at radius 1 is 1.04 bits per heavy atom. The SMILES string of the molecule is COCCn1c(SCCn2c(=O)oc3ccccc32)nc2ccccc21. The van der Waals surface area contributed by atoms with Crippen LogP contribution >= 0.6 is 11.8 Å². The summed E-state index contributed by atoms with van der Waals surface area (Å²) in [5.74, 6) is 0.402. The molecule has 0 aliphatic carbocycles. The van der Waals surface area contributed by atoms with Gasteiger partial charge in [-0.25, -0.2) is 9.78 Å². The van der Waals surface area contributed by atoms with Crippen LogP contribution in [0.15, 0.2) is 62.9 Å². The van der Waals surface area contributed by atoms with E-state index < -0.39 is 0 Å². The van der Waals surface area contributed by atoms with Gasteiger partial charge in [-0.1, -0.05) is 36.0 Å². The van der Waals surface area contributed by atoms with Crippen LogP contribution in [-0.4, -0.2) is 33.6 Å². The molecule has 2 aromatic carbocycles. The highest BCUT2D eigenvalue weighted by Crippen LogP contribution is 2.24. The van der Waals surface area contributed by atoms with Gasteiger partial charge in [-0.15, -0.1) is 0 Å². The van der Waals surface area contributed by atoms with E-state index in [-0.39, 0.29) is 5.76 Å². The molecule has 0 saturated heterocycles. The number of aromatic nitrogens is 3. The summed E-state index contributed by atoms with van der Waals surface area (Å²) in [7, 11) is 1.70. The third-order valence-corrected chi connectivity index (χ3v) is 5.21. The van der Waals surface area contributed by atoms with Crippen molar-refractivity contribution in [3.05, 3.63) is 59.1 Å². The number of para-hydroxylation sites is 4. The number of thioether (sulfide) groups is 1. The number of hydrogen-bond donors (Lipinski definition) is 0. The molecule has 0 fully saturated rings. The molecule has 0 atom stereocenters. The van der Waals surface area contributed by atoms with E-state index in [1.807, 2.05) is 42.5 Å². The Morgan fingerprint density at radius 2 is 1.81 bits per heavy atom. The van der Waals surface area contributed by atoms with E-state index in [9.17, 15) is 4.79 Å². The van der Waals surface area contributed by atoms with Gasteiger partial charge in [0.15, 0.2) is 10.7 Å². The van der Waals surface area contributed by atoms with E-state index >= 15 is 0 Å². The van der Waals surface area contributed by atoms with E-state index in [2.05, 4.69) is 10.6 Å². The van der Waals surface area contributed by atoms with Crippen LogP contribution in [0.5, 0.6) is 0 Å². The van der Waals surface area contributed by atoms with E-state index in [0.717, 1.165) is 34.0 Å². The van der Waals surface area contributed by atoms with Crippen molar-refractivity contribution < 1.29 is 9.15 Å². The second-order valence-electron chi connectivity index (χ2n) is 5.86. The zero-order valence-electron chi connectivity index (χ0n) is 14.4. The first-order valence-electron chi connectivity index (χ1n) is 8.43. The van der Waals surface area contributed by atoms with Gasteiger partial charge in [-0.3, -0.25) is 4.57 Å². The molecule has 0 amide bonds. The molecule has 4 rings (SSSR count). The van der Waals surface area contributed by atoms with Crippen LogP contribution in [0.3, 0.4) is 0 Å². The fourth-order valence-electron chi connectivity index (χ4n) is 3.02. The van der Waals surface area contributed by atoms with Crippen LogP contribution in [0.1, 0.15) is 0 Å². The van der Waals surface area contributed by atoms with Crippen molar-refractivity contribution in [3.8, 4) is 0 Å². The molecule has 2 heterocycles. The van der Waals surface area contributed by atoms with Gasteiger partial charge in [-0.05, 0) is 24.3 Å². The van der Waals surface area contributed by atoms with E-state index in [0.29, 0.717) is 18.7 Å². The van der Waals surface area contributed by atoms with Crippen molar-refractivity contribution in [2.45, 2.75) is 18.2 Å². The van der Waals surface area contributed by atoms with Gasteiger partial charge < -0.3 is 13.7 Å². The number of fused-ring (bicyclic) bond motifs is 2. The van der Waals surface area contributed by atoms with Gasteiger partial charge in [0, 0.05) is 26.0 Å². The number of oxazole rings is 1. The highest BCUT2D eigenvalue weighted by atomic mass is 32.2. The van der Waals surface area contributed by atoms with Gasteiger partial charge in [-0.2, -0.15) is 0 Å². The maximum atomic E-state index is 12.1. The van der Waals surface area contributed by atoms with Gasteiger partial charge >= 0.3 is 5.76 Å². The van der Waals surface area contributed by atoms with Crippen LogP contribution in [0.2, 0.25) is 0 Å². The largest absolute Gasteiger partial charge is 0.419 e. The minimum absolute atomic E-state index is 0.320. The van der Waals surface area contributed by atoms with Crippen LogP contribution < -0.4 is 5.76 Å². The van der Waals surface area contributed by atoms with Crippen molar-refractivity contribution in [3.63, 3.8) is 0 Å². The van der Waals surface area contributed by atoms with Crippen molar-refractivity contribution in [1.82, 2.24) is 14.1 Å². The average Bonchev–Trinajstić information content (AvgIpc) is 3.17. The first kappa shape index (κ1) is 16.9. The van der Waals surface area contributed by atoms with E-state index in [4.69, 9.17) is 14.1 Å². The number of hydrogen-bond acceptors (Lipinski definition) is 5. The predicted molar refractivity (Wildman–Crippen MR) is 103 cm³/mol. The number of methoxy groups -OCH3 is 1. The maximum absolute atomic E-state index is 12.1. The molecule has 134 valence electrons. The Bertz CT molecular complexity index is 1100. The molecule has 0 radical (unpaired) electrons. The molecule has 0 unspecified atom stereocenters. The molecule has 7 heteroatoms. The Kier molecular flexibility index (Phi) is 4.81. The van der Waals surface area contributed by atoms with Crippen molar-refractivity contribution in [2.75, 3.05) is 19.5 Å². The van der Waals surface area contributed by atoms with Crippen molar-refractivity contribution in [1.29, 1.82) is 0 Å². The smallest absolute Gasteiger partial charge is 0.408 e. The average molecular weight is 369 g/mol. The number of imidazole rings is 1. The highest BCUT2D eigenvalue weighted by molar-refractivity contribution is 7.99. The summed E-state index contributed by atoms with van der Waals surface area (Å²) in [4.78, 5) is 16.8. The molecule has 4 aromatic rings. The molecule has 26 heavy (non-hydrogen) atoms. The summed E-state index contributed by atoms with van der Waals surface area (Å²) in [5.41, 5.74) is 3.51. The molecular formula is C19H19N3O3S. The second-order valence-corrected chi connectivity index (χ2v) is 6.93. The zero-order valence-corrected chi connectivity index (χ0v) is 15.2. The number of nitrogens with zero attached hydrogens (tertiary/aromatic N) is 3. The number of ether oxygens (including phenoxy) is 1. The molecule has 6 nitrogen and oxygen atoms in total. The van der Waals surface area contributed by atoms with Crippen molar-refractivity contribution in [2.24, 2.45) is 0 Å². The minimum atomic E-state index is -0.320. The van der Waals surface area contributed by atoms with Crippen LogP contribution in [0.25, 0.3) is 22.1 Å². The lowest BCUT2D eigenvalue weighted by Gasteiger charge is -2.08. The lowest BCUT2D eigenvalue weighted by atomic mass is 10.3. The minimum Gasteiger partial charge on any atom is -0.408 e. The lowest BCUT2D eigenvalue weighted by Crippen LogP contribution is -2.15. The lowest BCUT2D eigenvalue weighted by molar-refractivity contribution is 0.186. The topological polar surface area (TPSA) is 62.2 Å². The Hall–Kier alpha value is -2.51. The molecule has 0 N–H and O–H groups in total. The molecule has 2 aromatic heterocycles. The molecule has 0 aliphatic heterocycles. The Labute approximate surface area is 154 Å². The molecule has 0 aliphatic rings. The molecule has 0 saturated carbocycles. The van der Waals surface area contributed by atoms with Gasteiger partial charge in [0.1, 0.15) is 0 Å². The van der Waals surface area contributed by atoms with Crippen molar-refractivity contribution >= 4 is 33.9 Å². The second kappa shape index (κ2) is 7.39. The number of rotatable bonds is 7. The summed E-state index contributed by atoms with van der Waals surface area (Å²) in [6.07, 6.45) is 0. The van der Waals surface area contributed by atoms with E-state index in [1.54, 1.807) is 23.4 Å². The van der Waals surface area contributed by atoms with Crippen LogP contribution in [0, 0.1) is 0 Å². The summed E-state index contributed by atoms with van der Waals surface area (Å²) in [5, 5.41) is 0.934. The van der Waals surface area contributed by atoms with Crippen LogP contribution in [-0.2, 0) is 17.8 Å². The quantitative estimate of drug-likeness (QED) is 0.467. The Morgan fingerprint density at radius 3 is 2.65 bits per heavy atom. The van der Waals surface area contributed by atoms with Crippen LogP contribution in [0.4, 0.5) is 0 Å². The number of benzene rings is 2. The predicted octanol–water partition coefficient (Wildman–Crippen LogP) is 3.38. The maximum Gasteiger partial charge on any atom is 0.419 e. The normalized spacial score (nSPS) is 11.6. The van der Waals surface area contributed by atoms with Gasteiger partial charge in [0.2, 0.25) is 0 Å². The molecule has 0 bridgehead atoms. The van der Waals surface area contributed by atoms with Gasteiger partial charge in [0.25, 0.3) is 0 Å². The fourth-order valence-corrected chi connectivity index (χ4v) is 3.98. The zero-order chi connectivity index (χ0) is 17.9. The van der Waals surface area contributed by atoms with E-state index in [1.165, 1.54) is 0 Å². The third-order valence-electron chi connectivity index (χ3n) is 4.26. The summed E-state index contributed by atoms with van der Waals surface area (Å²) in [6, 6.07) is 15.6. The standard InChI is InChI=1S/C19H19N3O3S/c1-24-12-10-21-15-7-3-2-6-14(15)20-18(21)26-13-11-22-16-8-4-5-9-17(16)25-19(22)23/h2-9H,10-13H2,1H3.